The number of carbonyl (C=O) groups is 4. The maximum Gasteiger partial charge on any atom is 0.324 e. The van der Waals surface area contributed by atoms with Gasteiger partial charge >= 0.3 is 5.97 Å². The van der Waals surface area contributed by atoms with E-state index in [9.17, 15) is 19.2 Å². The van der Waals surface area contributed by atoms with Crippen LogP contribution in [-0.2, 0) is 41.5 Å². The molecule has 3 N–H and O–H groups in total. The first-order valence-corrected chi connectivity index (χ1v) is 19.0. The number of aromatic amines is 1. The van der Waals surface area contributed by atoms with Crippen molar-refractivity contribution in [2.75, 3.05) is 27.3 Å². The maximum absolute atomic E-state index is 14.2. The molecule has 1 fully saturated rings. The number of likely N-dealkylation sites (N-methyl/N-ethyl adjacent to an activating group) is 1. The Kier molecular flexibility index (Phi) is 11.3. The topological polar surface area (TPSA) is 159 Å². The zero-order chi connectivity index (χ0) is 38.0. The zero-order valence-electron chi connectivity index (χ0n) is 31.4. The molecule has 2 aliphatic rings. The number of rotatable bonds is 8. The third-order valence-electron chi connectivity index (χ3n) is 10.1. The first-order valence-electron chi connectivity index (χ1n) is 18.1. The van der Waals surface area contributed by atoms with Crippen LogP contribution in [0.3, 0.4) is 0 Å². The maximum atomic E-state index is 14.2. The Hall–Kier alpha value is -4.66. The van der Waals surface area contributed by atoms with Crippen molar-refractivity contribution in [3.63, 3.8) is 0 Å². The molecule has 6 rings (SSSR count). The number of benzene rings is 1. The number of hydrogen-bond donors (Lipinski definition) is 3. The van der Waals surface area contributed by atoms with Gasteiger partial charge in [-0.2, -0.15) is 0 Å². The monoisotopic (exact) mass is 743 g/mol. The number of carbonyl (C=O) groups excluding carboxylic acids is 4. The van der Waals surface area contributed by atoms with Crippen molar-refractivity contribution in [2.45, 2.75) is 84.5 Å². The number of nitrogens with zero attached hydrogens (tertiary/aromatic N) is 4. The predicted octanol–water partition coefficient (Wildman–Crippen LogP) is 4.82. The molecule has 4 atom stereocenters. The van der Waals surface area contributed by atoms with Gasteiger partial charge in [0.15, 0.2) is 0 Å². The highest BCUT2D eigenvalue weighted by molar-refractivity contribution is 7.10. The first kappa shape index (κ1) is 38.1. The fraction of sp³-hybridized carbons (Fsp3) is 0.487. The van der Waals surface area contributed by atoms with Crippen molar-refractivity contribution in [1.82, 2.24) is 35.6 Å². The molecule has 14 heteroatoms. The smallest absolute Gasteiger partial charge is 0.324 e. The second kappa shape index (κ2) is 15.7. The molecular weight excluding hydrogens is 695 g/mol. The molecule has 1 aromatic carbocycles. The molecule has 0 aliphatic carbocycles. The Bertz CT molecular complexity index is 1990. The van der Waals surface area contributed by atoms with E-state index in [1.165, 1.54) is 21.2 Å². The number of hydrogen-bond acceptors (Lipinski definition) is 10. The Balaban J connectivity index is 1.45. The van der Waals surface area contributed by atoms with Gasteiger partial charge in [-0.3, -0.25) is 29.2 Å². The molecule has 2 aliphatic heterocycles. The van der Waals surface area contributed by atoms with E-state index in [1.54, 1.807) is 20.4 Å². The highest BCUT2D eigenvalue weighted by Gasteiger charge is 2.37. The van der Waals surface area contributed by atoms with E-state index in [0.29, 0.717) is 37.2 Å². The number of pyridine rings is 1. The summed E-state index contributed by atoms with van der Waals surface area (Å²) in [7, 11) is 3.21. The number of esters is 1. The van der Waals surface area contributed by atoms with Gasteiger partial charge in [0.25, 0.3) is 5.91 Å². The fourth-order valence-electron chi connectivity index (χ4n) is 7.28. The number of ether oxygens (including phenoxy) is 2. The van der Waals surface area contributed by atoms with Crippen molar-refractivity contribution >= 4 is 46.4 Å². The van der Waals surface area contributed by atoms with Crippen LogP contribution in [0.15, 0.2) is 41.9 Å². The fourth-order valence-corrected chi connectivity index (χ4v) is 8.13. The summed E-state index contributed by atoms with van der Waals surface area (Å²) in [4.78, 5) is 67.7. The molecular formula is C39H49N7O6S. The average molecular weight is 744 g/mol. The highest BCUT2D eigenvalue weighted by atomic mass is 32.1. The Morgan fingerprint density at radius 3 is 2.75 bits per heavy atom. The molecule has 0 saturated carbocycles. The minimum Gasteiger partial charge on any atom is -0.464 e. The lowest BCUT2D eigenvalue weighted by Crippen LogP contribution is -2.61. The second-order valence-corrected chi connectivity index (χ2v) is 16.1. The van der Waals surface area contributed by atoms with Gasteiger partial charge in [0.2, 0.25) is 12.3 Å². The Labute approximate surface area is 313 Å². The summed E-state index contributed by atoms with van der Waals surface area (Å²) in [6, 6.07) is 7.61. The molecule has 53 heavy (non-hydrogen) atoms. The number of cyclic esters (lactones) is 1. The summed E-state index contributed by atoms with van der Waals surface area (Å²) in [6.07, 6.45) is 3.90. The SMILES string of the molecule is CO[C@@H](C)c1ncccc1-c1[nH]c2ccc3cc2c1CC(C)(C)COC(=O)[C@@H]1CCCN(N1)C(=O)[C@@H](NC(=O)C(C(C)C)N(C)C=O)Cc1nc-3cs1. The number of fused-ring (bicyclic) bond motifs is 6. The van der Waals surface area contributed by atoms with Crippen molar-refractivity contribution in [1.29, 1.82) is 0 Å². The van der Waals surface area contributed by atoms with Gasteiger partial charge in [-0.25, -0.2) is 10.4 Å². The van der Waals surface area contributed by atoms with E-state index in [0.717, 1.165) is 44.7 Å². The van der Waals surface area contributed by atoms with Crippen LogP contribution in [0.5, 0.6) is 0 Å². The Morgan fingerprint density at radius 1 is 1.23 bits per heavy atom. The number of amides is 3. The van der Waals surface area contributed by atoms with Gasteiger partial charge in [0.05, 0.1) is 34.8 Å². The van der Waals surface area contributed by atoms with Gasteiger partial charge in [-0.1, -0.05) is 33.8 Å². The quantitative estimate of drug-likeness (QED) is 0.170. The minimum atomic E-state index is -1.01. The molecule has 4 aromatic rings. The van der Waals surface area contributed by atoms with Crippen LogP contribution in [-0.4, -0.2) is 94.5 Å². The third kappa shape index (κ3) is 8.14. The summed E-state index contributed by atoms with van der Waals surface area (Å²) >= 11 is 1.41. The number of nitrogens with one attached hydrogen (secondary N) is 3. The van der Waals surface area contributed by atoms with Crippen LogP contribution in [0.2, 0.25) is 0 Å². The molecule has 3 aromatic heterocycles. The van der Waals surface area contributed by atoms with Crippen molar-refractivity contribution in [2.24, 2.45) is 11.3 Å². The first-order chi connectivity index (χ1) is 25.3. The lowest BCUT2D eigenvalue weighted by molar-refractivity contribution is -0.155. The predicted molar refractivity (Wildman–Crippen MR) is 202 cm³/mol. The van der Waals surface area contributed by atoms with Crippen LogP contribution < -0.4 is 10.7 Å². The number of methoxy groups -OCH3 is 1. The summed E-state index contributed by atoms with van der Waals surface area (Å²) < 4.78 is 11.7. The number of aromatic nitrogens is 3. The highest BCUT2D eigenvalue weighted by Crippen LogP contribution is 2.39. The van der Waals surface area contributed by atoms with E-state index in [2.05, 4.69) is 35.6 Å². The van der Waals surface area contributed by atoms with E-state index in [4.69, 9.17) is 19.4 Å². The van der Waals surface area contributed by atoms with E-state index < -0.39 is 41.3 Å². The van der Waals surface area contributed by atoms with Crippen LogP contribution >= 0.6 is 11.3 Å². The van der Waals surface area contributed by atoms with Crippen LogP contribution in [0.1, 0.15) is 69.8 Å². The summed E-state index contributed by atoms with van der Waals surface area (Å²) in [5.41, 5.74) is 8.94. The zero-order valence-corrected chi connectivity index (χ0v) is 32.2. The van der Waals surface area contributed by atoms with Crippen LogP contribution in [0.25, 0.3) is 33.4 Å². The average Bonchev–Trinajstić information content (AvgIpc) is 3.76. The number of hydrazine groups is 1. The summed E-state index contributed by atoms with van der Waals surface area (Å²) in [5.74, 6) is -1.49. The molecule has 6 bridgehead atoms. The largest absolute Gasteiger partial charge is 0.464 e. The lowest BCUT2D eigenvalue weighted by atomic mass is 9.84. The number of thiazole rings is 1. The molecule has 1 saturated heterocycles. The standard InChI is InChI=1S/C39H49N7O6S/c1-22(2)35(45(6)21-47)36(48)43-30-17-32-41-31(19-53-32)24-12-13-28-26(16-24)27(34(42-28)25-10-8-14-40-33(25)23(3)51-7)18-39(4,5)20-52-38(50)29-11-9-15-46(44-29)37(30)49/h8,10,12-14,16,19,21-23,29-30,35,42,44H,9,11,15,17-18,20H2,1-7H3,(H,43,48)/t23-,29-,30-,35?/m0/s1. The van der Waals surface area contributed by atoms with E-state index in [1.807, 2.05) is 50.4 Å². The number of H-pyrrole nitrogens is 1. The molecule has 0 spiro atoms. The minimum absolute atomic E-state index is 0.121. The third-order valence-corrected chi connectivity index (χ3v) is 11.0. The van der Waals surface area contributed by atoms with Gasteiger partial charge in [-0.05, 0) is 61.9 Å². The second-order valence-electron chi connectivity index (χ2n) is 15.2. The lowest BCUT2D eigenvalue weighted by Gasteiger charge is -2.36. The van der Waals surface area contributed by atoms with Gasteiger partial charge in [0, 0.05) is 66.1 Å². The van der Waals surface area contributed by atoms with E-state index >= 15 is 0 Å². The molecule has 282 valence electrons. The molecule has 13 nitrogen and oxygen atoms in total. The van der Waals surface area contributed by atoms with E-state index in [-0.39, 0.29) is 25.0 Å². The molecule has 0 radical (unpaired) electrons. The summed E-state index contributed by atoms with van der Waals surface area (Å²) in [6.45, 7) is 10.3. The van der Waals surface area contributed by atoms with Crippen molar-refractivity contribution in [3.05, 3.63) is 58.2 Å². The normalized spacial score (nSPS) is 20.4. The Morgan fingerprint density at radius 2 is 2.02 bits per heavy atom. The van der Waals surface area contributed by atoms with Gasteiger partial charge in [-0.15, -0.1) is 11.3 Å². The molecule has 1 unspecified atom stereocenters. The summed E-state index contributed by atoms with van der Waals surface area (Å²) in [5, 5.41) is 7.97. The van der Waals surface area contributed by atoms with Gasteiger partial charge in [0.1, 0.15) is 18.1 Å². The van der Waals surface area contributed by atoms with Crippen molar-refractivity contribution < 1.29 is 28.7 Å². The molecule has 3 amide bonds. The van der Waals surface area contributed by atoms with Crippen LogP contribution in [0.4, 0.5) is 0 Å². The van der Waals surface area contributed by atoms with Crippen LogP contribution in [0, 0.1) is 11.3 Å². The van der Waals surface area contributed by atoms with Crippen molar-refractivity contribution in [3.8, 4) is 22.5 Å². The molecule has 5 heterocycles. The van der Waals surface area contributed by atoms with Gasteiger partial charge < -0.3 is 24.7 Å².